The van der Waals surface area contributed by atoms with Gasteiger partial charge in [0.1, 0.15) is 0 Å². The number of nitrogens with one attached hydrogen (secondary N) is 3. The number of rotatable bonds is 12. The van der Waals surface area contributed by atoms with Crippen molar-refractivity contribution < 1.29 is 17.9 Å². The standard InChI is InChI=1S/C16H27ClN4O4S/c1-18-16(19-7-4-10-25-12-11-24-2)20-8-9-21-26(22,23)15-6-3-5-14(17)13-15/h3,5-6,13,21H,4,7-12H2,1-2H3,(H2,18,19,20). The fraction of sp³-hybridized carbons (Fsp3) is 0.562. The molecule has 8 nitrogen and oxygen atoms in total. The molecular formula is C16H27ClN4O4S. The molecule has 0 unspecified atom stereocenters. The average Bonchev–Trinajstić information content (AvgIpc) is 2.62. The Hall–Kier alpha value is -1.39. The molecule has 148 valence electrons. The van der Waals surface area contributed by atoms with Crippen LogP contribution >= 0.6 is 11.6 Å². The molecule has 0 saturated carbocycles. The lowest BCUT2D eigenvalue weighted by Crippen LogP contribution is -2.42. The van der Waals surface area contributed by atoms with E-state index in [0.29, 0.717) is 43.9 Å². The number of sulfonamides is 1. The first kappa shape index (κ1) is 22.7. The minimum Gasteiger partial charge on any atom is -0.382 e. The maximum atomic E-state index is 12.2. The summed E-state index contributed by atoms with van der Waals surface area (Å²) in [7, 11) is -0.293. The second kappa shape index (κ2) is 12.9. The number of benzene rings is 1. The minimum atomic E-state index is -3.58. The largest absolute Gasteiger partial charge is 0.382 e. The number of ether oxygens (including phenoxy) is 2. The predicted octanol–water partition coefficient (Wildman–Crippen LogP) is 0.836. The normalized spacial score (nSPS) is 12.2. The predicted molar refractivity (Wildman–Crippen MR) is 103 cm³/mol. The summed E-state index contributed by atoms with van der Waals surface area (Å²) >= 11 is 5.82. The molecule has 0 radical (unpaired) electrons. The van der Waals surface area contributed by atoms with Gasteiger partial charge in [0.2, 0.25) is 10.0 Å². The van der Waals surface area contributed by atoms with Crippen LogP contribution in [-0.2, 0) is 19.5 Å². The van der Waals surface area contributed by atoms with Crippen LogP contribution in [0.2, 0.25) is 5.02 Å². The zero-order valence-corrected chi connectivity index (χ0v) is 16.7. The molecule has 0 spiro atoms. The molecule has 0 aromatic heterocycles. The van der Waals surface area contributed by atoms with Gasteiger partial charge in [-0.1, -0.05) is 17.7 Å². The minimum absolute atomic E-state index is 0.140. The van der Waals surface area contributed by atoms with Crippen molar-refractivity contribution in [2.45, 2.75) is 11.3 Å². The van der Waals surface area contributed by atoms with E-state index in [1.165, 1.54) is 12.1 Å². The van der Waals surface area contributed by atoms with Crippen molar-refractivity contribution in [1.29, 1.82) is 0 Å². The van der Waals surface area contributed by atoms with Gasteiger partial charge in [0.15, 0.2) is 5.96 Å². The van der Waals surface area contributed by atoms with Gasteiger partial charge in [0.25, 0.3) is 0 Å². The van der Waals surface area contributed by atoms with Gasteiger partial charge < -0.3 is 20.1 Å². The summed E-state index contributed by atoms with van der Waals surface area (Å²) in [6.45, 7) is 3.10. The van der Waals surface area contributed by atoms with E-state index in [9.17, 15) is 8.42 Å². The molecule has 0 aliphatic carbocycles. The summed E-state index contributed by atoms with van der Waals surface area (Å²) in [5.74, 6) is 0.601. The molecule has 0 heterocycles. The van der Waals surface area contributed by atoms with Gasteiger partial charge in [0, 0.05) is 45.4 Å². The van der Waals surface area contributed by atoms with Crippen molar-refractivity contribution in [3.63, 3.8) is 0 Å². The number of hydrogen-bond donors (Lipinski definition) is 3. The van der Waals surface area contributed by atoms with Crippen LogP contribution < -0.4 is 15.4 Å². The highest BCUT2D eigenvalue weighted by molar-refractivity contribution is 7.89. The maximum Gasteiger partial charge on any atom is 0.240 e. The molecule has 1 aromatic carbocycles. The van der Waals surface area contributed by atoms with Gasteiger partial charge in [-0.2, -0.15) is 0 Å². The van der Waals surface area contributed by atoms with E-state index in [2.05, 4.69) is 20.3 Å². The van der Waals surface area contributed by atoms with Crippen molar-refractivity contribution in [3.8, 4) is 0 Å². The summed E-state index contributed by atoms with van der Waals surface area (Å²) in [4.78, 5) is 4.22. The van der Waals surface area contributed by atoms with Crippen LogP contribution in [0.3, 0.4) is 0 Å². The van der Waals surface area contributed by atoms with Gasteiger partial charge in [-0.25, -0.2) is 13.1 Å². The van der Waals surface area contributed by atoms with Crippen LogP contribution in [0.25, 0.3) is 0 Å². The number of halogens is 1. The Morgan fingerprint density at radius 3 is 2.62 bits per heavy atom. The molecule has 0 aliphatic heterocycles. The molecule has 1 aromatic rings. The molecule has 0 aliphatic rings. The number of guanidine groups is 1. The Morgan fingerprint density at radius 2 is 1.92 bits per heavy atom. The summed E-state index contributed by atoms with van der Waals surface area (Å²) < 4.78 is 37.1. The van der Waals surface area contributed by atoms with E-state index >= 15 is 0 Å². The lowest BCUT2D eigenvalue weighted by atomic mass is 10.4. The van der Waals surface area contributed by atoms with Crippen LogP contribution in [0.4, 0.5) is 0 Å². The molecule has 0 bridgehead atoms. The van der Waals surface area contributed by atoms with Crippen molar-refractivity contribution in [1.82, 2.24) is 15.4 Å². The van der Waals surface area contributed by atoms with E-state index in [0.717, 1.165) is 6.42 Å². The van der Waals surface area contributed by atoms with Crippen LogP contribution in [0.5, 0.6) is 0 Å². The van der Waals surface area contributed by atoms with Crippen molar-refractivity contribution in [2.24, 2.45) is 4.99 Å². The molecule has 0 saturated heterocycles. The average molecular weight is 407 g/mol. The van der Waals surface area contributed by atoms with E-state index in [-0.39, 0.29) is 11.4 Å². The zero-order valence-electron chi connectivity index (χ0n) is 15.1. The summed E-state index contributed by atoms with van der Waals surface area (Å²) in [5.41, 5.74) is 0. The fourth-order valence-electron chi connectivity index (χ4n) is 1.93. The lowest BCUT2D eigenvalue weighted by molar-refractivity contribution is 0.0698. The molecule has 1 rings (SSSR count). The first-order valence-corrected chi connectivity index (χ1v) is 10.1. The third-order valence-electron chi connectivity index (χ3n) is 3.23. The smallest absolute Gasteiger partial charge is 0.240 e. The zero-order chi connectivity index (χ0) is 19.3. The molecule has 0 amide bonds. The van der Waals surface area contributed by atoms with Gasteiger partial charge >= 0.3 is 0 Å². The molecule has 0 fully saturated rings. The SMILES string of the molecule is CN=C(NCCCOCCOC)NCCNS(=O)(=O)c1cccc(Cl)c1. The van der Waals surface area contributed by atoms with Gasteiger partial charge in [0.05, 0.1) is 18.1 Å². The highest BCUT2D eigenvalue weighted by atomic mass is 35.5. The Morgan fingerprint density at radius 1 is 1.15 bits per heavy atom. The Balaban J connectivity index is 2.22. The van der Waals surface area contributed by atoms with E-state index in [1.54, 1.807) is 26.3 Å². The second-order valence-corrected chi connectivity index (χ2v) is 7.44. The summed E-state index contributed by atoms with van der Waals surface area (Å²) in [5, 5.41) is 6.55. The van der Waals surface area contributed by atoms with E-state index < -0.39 is 10.0 Å². The Labute approximate surface area is 160 Å². The van der Waals surface area contributed by atoms with E-state index in [1.807, 2.05) is 0 Å². The van der Waals surface area contributed by atoms with Crippen LogP contribution in [0, 0.1) is 0 Å². The van der Waals surface area contributed by atoms with Gasteiger partial charge in [-0.05, 0) is 24.6 Å². The lowest BCUT2D eigenvalue weighted by Gasteiger charge is -2.12. The van der Waals surface area contributed by atoms with E-state index in [4.69, 9.17) is 21.1 Å². The first-order chi connectivity index (χ1) is 12.5. The topological polar surface area (TPSA) is 101 Å². The number of hydrogen-bond acceptors (Lipinski definition) is 5. The van der Waals surface area contributed by atoms with Crippen LogP contribution in [-0.4, -0.2) is 68.0 Å². The summed E-state index contributed by atoms with van der Waals surface area (Å²) in [6.07, 6.45) is 0.825. The Kier molecular flexibility index (Phi) is 11.2. The third-order valence-corrected chi connectivity index (χ3v) is 4.92. The van der Waals surface area contributed by atoms with Crippen LogP contribution in [0.15, 0.2) is 34.2 Å². The molecule has 10 heteroatoms. The van der Waals surface area contributed by atoms with Gasteiger partial charge in [-0.15, -0.1) is 0 Å². The fourth-order valence-corrected chi connectivity index (χ4v) is 3.26. The molecular weight excluding hydrogens is 380 g/mol. The van der Waals surface area contributed by atoms with Crippen molar-refractivity contribution in [3.05, 3.63) is 29.3 Å². The van der Waals surface area contributed by atoms with Crippen LogP contribution in [0.1, 0.15) is 6.42 Å². The molecule has 0 atom stereocenters. The highest BCUT2D eigenvalue weighted by Gasteiger charge is 2.13. The number of aliphatic imine (C=N–C) groups is 1. The molecule has 3 N–H and O–H groups in total. The van der Waals surface area contributed by atoms with Crippen molar-refractivity contribution in [2.75, 3.05) is 53.6 Å². The van der Waals surface area contributed by atoms with Crippen molar-refractivity contribution >= 4 is 27.6 Å². The molecule has 26 heavy (non-hydrogen) atoms. The number of methoxy groups -OCH3 is 1. The highest BCUT2D eigenvalue weighted by Crippen LogP contribution is 2.14. The number of nitrogens with zero attached hydrogens (tertiary/aromatic N) is 1. The first-order valence-electron chi connectivity index (χ1n) is 8.26. The maximum absolute atomic E-state index is 12.2. The second-order valence-electron chi connectivity index (χ2n) is 5.24. The Bertz CT molecular complexity index is 655. The quantitative estimate of drug-likeness (QED) is 0.270. The monoisotopic (exact) mass is 406 g/mol. The van der Waals surface area contributed by atoms with Gasteiger partial charge in [-0.3, -0.25) is 4.99 Å². The summed E-state index contributed by atoms with van der Waals surface area (Å²) in [6, 6.07) is 6.13. The third kappa shape index (κ3) is 9.35.